The topological polar surface area (TPSA) is 125 Å². The van der Waals surface area contributed by atoms with Gasteiger partial charge >= 0.3 is 5.97 Å². The molecule has 234 valence electrons. The molecule has 1 unspecified atom stereocenters. The minimum Gasteiger partial charge on any atom is -0.497 e. The number of hydrogen-bond acceptors (Lipinski definition) is 6. The number of nitrogens with zero attached hydrogens (tertiary/aromatic N) is 2. The number of nitrogens with one attached hydrogen (secondary N) is 3. The number of piperazine rings is 1. The van der Waals surface area contributed by atoms with E-state index >= 15 is 0 Å². The molecule has 4 N–H and O–H groups in total. The van der Waals surface area contributed by atoms with Gasteiger partial charge in [-0.15, -0.1) is 0 Å². The van der Waals surface area contributed by atoms with E-state index in [-0.39, 0.29) is 12.1 Å². The number of carboxylic acid groups (broad SMARTS) is 1. The summed E-state index contributed by atoms with van der Waals surface area (Å²) in [5, 5.41) is 14.5. The third kappa shape index (κ3) is 6.28. The molecule has 0 radical (unpaired) electrons. The van der Waals surface area contributed by atoms with Gasteiger partial charge in [0.2, 0.25) is 0 Å². The van der Waals surface area contributed by atoms with Gasteiger partial charge in [-0.2, -0.15) is 0 Å². The zero-order valence-corrected chi connectivity index (χ0v) is 26.0. The minimum absolute atomic E-state index is 0.148. The van der Waals surface area contributed by atoms with Crippen LogP contribution >= 0.6 is 0 Å². The third-order valence-electron chi connectivity index (χ3n) is 9.06. The maximum absolute atomic E-state index is 13.4. The molecule has 6 rings (SSSR count). The van der Waals surface area contributed by atoms with Crippen LogP contribution in [-0.4, -0.2) is 82.9 Å². The second-order valence-electron chi connectivity index (χ2n) is 11.9. The second kappa shape index (κ2) is 12.8. The summed E-state index contributed by atoms with van der Waals surface area (Å²) in [7, 11) is -1.48. The SMILES string of the molecule is C=S(=O)(NCCN1CCNCC1)NC(=O)c1ccc2c(C3CCCCC3)c3n(c2c1)CC(C(=O)O)=Cc1cc(OC)ccc1-3. The van der Waals surface area contributed by atoms with Crippen LogP contribution in [0.15, 0.2) is 42.0 Å². The lowest BCUT2D eigenvalue weighted by Gasteiger charge is -2.27. The van der Waals surface area contributed by atoms with Crippen molar-refractivity contribution >= 4 is 44.6 Å². The molecular weight excluding hydrogens is 578 g/mol. The van der Waals surface area contributed by atoms with Gasteiger partial charge in [0.25, 0.3) is 5.91 Å². The Hall–Kier alpha value is -3.64. The van der Waals surface area contributed by atoms with E-state index in [4.69, 9.17) is 4.74 Å². The molecule has 1 aliphatic carbocycles. The molecule has 3 aromatic rings. The Balaban J connectivity index is 1.37. The molecule has 0 spiro atoms. The van der Waals surface area contributed by atoms with Crippen LogP contribution in [0.1, 0.15) is 59.5 Å². The van der Waals surface area contributed by atoms with E-state index in [0.29, 0.717) is 30.3 Å². The average Bonchev–Trinajstić information content (AvgIpc) is 3.23. The number of methoxy groups -OCH3 is 1. The zero-order chi connectivity index (χ0) is 30.8. The van der Waals surface area contributed by atoms with Crippen LogP contribution in [0.3, 0.4) is 0 Å². The lowest BCUT2D eigenvalue weighted by molar-refractivity contribution is -0.132. The van der Waals surface area contributed by atoms with Crippen molar-refractivity contribution in [3.05, 3.63) is 58.7 Å². The Labute approximate surface area is 258 Å². The minimum atomic E-state index is -3.08. The maximum Gasteiger partial charge on any atom is 0.333 e. The fraction of sp³-hybridized carbons (Fsp3) is 0.424. The van der Waals surface area contributed by atoms with E-state index in [2.05, 4.69) is 25.5 Å². The molecule has 2 aliphatic heterocycles. The summed E-state index contributed by atoms with van der Waals surface area (Å²) in [4.78, 5) is 28.1. The molecule has 0 bridgehead atoms. The Morgan fingerprint density at radius 1 is 1.11 bits per heavy atom. The van der Waals surface area contributed by atoms with Crippen molar-refractivity contribution in [2.75, 3.05) is 46.4 Å². The van der Waals surface area contributed by atoms with Gasteiger partial charge in [0.15, 0.2) is 0 Å². The van der Waals surface area contributed by atoms with Crippen LogP contribution in [0.25, 0.3) is 28.2 Å². The van der Waals surface area contributed by atoms with E-state index in [0.717, 1.165) is 79.6 Å². The van der Waals surface area contributed by atoms with Crippen molar-refractivity contribution in [1.29, 1.82) is 0 Å². The number of hydrogen-bond donors (Lipinski definition) is 4. The van der Waals surface area contributed by atoms with E-state index < -0.39 is 21.8 Å². The lowest BCUT2D eigenvalue weighted by atomic mass is 9.81. The molecule has 1 aromatic heterocycles. The van der Waals surface area contributed by atoms with E-state index in [9.17, 15) is 18.9 Å². The van der Waals surface area contributed by atoms with Crippen LogP contribution < -0.4 is 19.5 Å². The van der Waals surface area contributed by atoms with Crippen LogP contribution in [0.5, 0.6) is 5.75 Å². The molecule has 3 heterocycles. The summed E-state index contributed by atoms with van der Waals surface area (Å²) in [5.41, 5.74) is 5.30. The van der Waals surface area contributed by atoms with Crippen LogP contribution in [-0.2, 0) is 21.2 Å². The Morgan fingerprint density at radius 2 is 1.89 bits per heavy atom. The number of benzene rings is 2. The second-order valence-corrected chi connectivity index (χ2v) is 13.8. The summed E-state index contributed by atoms with van der Waals surface area (Å²) in [6.45, 7) is 5.00. The number of rotatable bonds is 9. The number of amides is 1. The van der Waals surface area contributed by atoms with Crippen molar-refractivity contribution in [1.82, 2.24) is 24.2 Å². The summed E-state index contributed by atoms with van der Waals surface area (Å²) < 4.78 is 26.2. The molecule has 1 amide bonds. The first-order chi connectivity index (χ1) is 21.2. The molecule has 10 nitrogen and oxygen atoms in total. The van der Waals surface area contributed by atoms with Gasteiger partial charge in [-0.3, -0.25) is 14.4 Å². The molecule has 44 heavy (non-hydrogen) atoms. The molecule has 2 aromatic carbocycles. The first kappa shape index (κ1) is 30.4. The Bertz CT molecular complexity index is 1720. The van der Waals surface area contributed by atoms with Gasteiger partial charge in [0, 0.05) is 61.3 Å². The Morgan fingerprint density at radius 3 is 2.61 bits per heavy atom. The largest absolute Gasteiger partial charge is 0.497 e. The van der Waals surface area contributed by atoms with Gasteiger partial charge in [-0.05, 0) is 72.2 Å². The summed E-state index contributed by atoms with van der Waals surface area (Å²) in [6.07, 6.45) is 7.34. The zero-order valence-electron chi connectivity index (χ0n) is 25.2. The van der Waals surface area contributed by atoms with Crippen molar-refractivity contribution in [2.45, 2.75) is 44.6 Å². The van der Waals surface area contributed by atoms with Gasteiger partial charge in [0.05, 0.1) is 24.9 Å². The van der Waals surface area contributed by atoms with E-state index in [1.165, 1.54) is 12.0 Å². The summed E-state index contributed by atoms with van der Waals surface area (Å²) >= 11 is 0. The highest BCUT2D eigenvalue weighted by Gasteiger charge is 2.30. The number of carbonyl (C=O) groups is 2. The highest BCUT2D eigenvalue weighted by atomic mass is 32.2. The van der Waals surface area contributed by atoms with Crippen molar-refractivity contribution in [3.8, 4) is 17.0 Å². The number of carboxylic acids is 1. The number of carbonyl (C=O) groups excluding carboxylic acids is 1. The van der Waals surface area contributed by atoms with Crippen LogP contribution in [0, 0.1) is 0 Å². The number of aliphatic carboxylic acids is 1. The Kier molecular flexibility index (Phi) is 8.82. The standard InChI is InChI=1S/C33H41N5O5S/c1-43-26-9-11-27-24(19-26)18-25(33(40)41)21-38-29-20-23(8-10-28(29)30(31(27)38)22-6-4-3-5-7-22)32(39)36-44(2,42)35-14-17-37-15-12-34-13-16-37/h8-11,18-20,22,34H,2-7,12-17,21H2,1H3,(H,40,41)(H2,35,36,39,42). The van der Waals surface area contributed by atoms with Gasteiger partial charge in [-0.25, -0.2) is 13.7 Å². The van der Waals surface area contributed by atoms with Gasteiger partial charge < -0.3 is 19.7 Å². The van der Waals surface area contributed by atoms with Crippen LogP contribution in [0.4, 0.5) is 0 Å². The fourth-order valence-electron chi connectivity index (χ4n) is 6.86. The third-order valence-corrected chi connectivity index (χ3v) is 10.2. The highest BCUT2D eigenvalue weighted by Crippen LogP contribution is 2.47. The van der Waals surface area contributed by atoms with Crippen molar-refractivity contribution in [2.24, 2.45) is 0 Å². The first-order valence-electron chi connectivity index (χ1n) is 15.4. The van der Waals surface area contributed by atoms with Gasteiger partial charge in [-0.1, -0.05) is 25.3 Å². The van der Waals surface area contributed by atoms with E-state index in [1.807, 2.05) is 28.8 Å². The predicted molar refractivity (Wildman–Crippen MR) is 175 cm³/mol. The maximum atomic E-state index is 13.4. The molecule has 11 heteroatoms. The number of fused-ring (bicyclic) bond motifs is 5. The molecule has 3 aliphatic rings. The van der Waals surface area contributed by atoms with E-state index in [1.54, 1.807) is 25.3 Å². The molecule has 1 saturated heterocycles. The van der Waals surface area contributed by atoms with Crippen LogP contribution in [0.2, 0.25) is 0 Å². The molecule has 2 fully saturated rings. The normalized spacial score (nSPS) is 18.9. The summed E-state index contributed by atoms with van der Waals surface area (Å²) in [5.74, 6) is 3.25. The fourth-order valence-corrected chi connectivity index (χ4v) is 7.77. The quantitative estimate of drug-likeness (QED) is 0.270. The smallest absolute Gasteiger partial charge is 0.333 e. The lowest BCUT2D eigenvalue weighted by Crippen LogP contribution is -2.48. The number of aromatic nitrogens is 1. The molecule has 1 saturated carbocycles. The monoisotopic (exact) mass is 619 g/mol. The average molecular weight is 620 g/mol. The summed E-state index contributed by atoms with van der Waals surface area (Å²) in [6, 6.07) is 11.3. The van der Waals surface area contributed by atoms with Crippen molar-refractivity contribution < 1.29 is 23.6 Å². The van der Waals surface area contributed by atoms with Crippen molar-refractivity contribution in [3.63, 3.8) is 0 Å². The predicted octanol–water partition coefficient (Wildman–Crippen LogP) is 3.62. The molecular formula is C33H41N5O5S. The highest BCUT2D eigenvalue weighted by molar-refractivity contribution is 7.97. The number of ether oxygens (including phenoxy) is 1. The van der Waals surface area contributed by atoms with Gasteiger partial charge in [0.1, 0.15) is 15.6 Å². The first-order valence-corrected chi connectivity index (χ1v) is 17.1. The molecule has 1 atom stereocenters.